The van der Waals surface area contributed by atoms with Crippen LogP contribution in [-0.2, 0) is 4.74 Å². The van der Waals surface area contributed by atoms with E-state index in [1.54, 1.807) is 7.11 Å². The van der Waals surface area contributed by atoms with Crippen molar-refractivity contribution in [2.75, 3.05) is 46.4 Å². The van der Waals surface area contributed by atoms with Gasteiger partial charge in [-0.05, 0) is 38.4 Å². The highest BCUT2D eigenvalue weighted by molar-refractivity contribution is 4.74. The molecule has 0 saturated carbocycles. The summed E-state index contributed by atoms with van der Waals surface area (Å²) in [4.78, 5) is 2.52. The normalized spacial score (nSPS) is 24.0. The molecule has 1 unspecified atom stereocenters. The zero-order chi connectivity index (χ0) is 10.2. The molecule has 1 rings (SSSR count). The molecular formula is C11H24N2O. The molecule has 0 aromatic carbocycles. The summed E-state index contributed by atoms with van der Waals surface area (Å²) in [5.41, 5.74) is 0. The monoisotopic (exact) mass is 200 g/mol. The van der Waals surface area contributed by atoms with E-state index in [0.29, 0.717) is 0 Å². The molecular weight excluding hydrogens is 176 g/mol. The van der Waals surface area contributed by atoms with Crippen molar-refractivity contribution in [3.63, 3.8) is 0 Å². The van der Waals surface area contributed by atoms with E-state index < -0.39 is 0 Å². The second-order valence-electron chi connectivity index (χ2n) is 4.11. The summed E-state index contributed by atoms with van der Waals surface area (Å²) in [5.74, 6) is 0.848. The SMILES string of the molecule is CCNCC1CCCN(CCOC)C1. The van der Waals surface area contributed by atoms with Gasteiger partial charge in [-0.15, -0.1) is 0 Å². The Bertz CT molecular complexity index is 127. The number of nitrogens with one attached hydrogen (secondary N) is 1. The van der Waals surface area contributed by atoms with Crippen molar-refractivity contribution in [3.8, 4) is 0 Å². The summed E-state index contributed by atoms with van der Waals surface area (Å²) in [6.07, 6.45) is 2.73. The van der Waals surface area contributed by atoms with Crippen molar-refractivity contribution in [1.82, 2.24) is 10.2 Å². The molecule has 1 saturated heterocycles. The van der Waals surface area contributed by atoms with Crippen molar-refractivity contribution >= 4 is 0 Å². The van der Waals surface area contributed by atoms with Crippen molar-refractivity contribution < 1.29 is 4.74 Å². The summed E-state index contributed by atoms with van der Waals surface area (Å²) in [6, 6.07) is 0. The first-order valence-corrected chi connectivity index (χ1v) is 5.78. The van der Waals surface area contributed by atoms with Crippen molar-refractivity contribution in [2.45, 2.75) is 19.8 Å². The minimum Gasteiger partial charge on any atom is -0.383 e. The Hall–Kier alpha value is -0.120. The fourth-order valence-corrected chi connectivity index (χ4v) is 2.09. The third-order valence-electron chi connectivity index (χ3n) is 2.90. The highest BCUT2D eigenvalue weighted by atomic mass is 16.5. The molecule has 1 aliphatic rings. The van der Waals surface area contributed by atoms with Crippen LogP contribution in [0.1, 0.15) is 19.8 Å². The van der Waals surface area contributed by atoms with Gasteiger partial charge in [-0.1, -0.05) is 6.92 Å². The van der Waals surface area contributed by atoms with Crippen molar-refractivity contribution in [3.05, 3.63) is 0 Å². The molecule has 3 heteroatoms. The number of ether oxygens (including phenoxy) is 1. The van der Waals surface area contributed by atoms with Crippen LogP contribution in [0.2, 0.25) is 0 Å². The molecule has 0 aromatic rings. The van der Waals surface area contributed by atoms with Gasteiger partial charge in [0.1, 0.15) is 0 Å². The summed E-state index contributed by atoms with van der Waals surface area (Å²) in [7, 11) is 1.78. The molecule has 84 valence electrons. The zero-order valence-electron chi connectivity index (χ0n) is 9.59. The highest BCUT2D eigenvalue weighted by Gasteiger charge is 2.18. The first-order chi connectivity index (χ1) is 6.86. The van der Waals surface area contributed by atoms with Gasteiger partial charge in [-0.3, -0.25) is 0 Å². The van der Waals surface area contributed by atoms with E-state index in [-0.39, 0.29) is 0 Å². The predicted octanol–water partition coefficient (Wildman–Crippen LogP) is 0.954. The lowest BCUT2D eigenvalue weighted by molar-refractivity contribution is 0.114. The van der Waals surface area contributed by atoms with Crippen LogP contribution in [0.3, 0.4) is 0 Å². The maximum atomic E-state index is 5.10. The maximum absolute atomic E-state index is 5.10. The Balaban J connectivity index is 2.14. The van der Waals surface area contributed by atoms with Gasteiger partial charge >= 0.3 is 0 Å². The Morgan fingerprint density at radius 1 is 1.50 bits per heavy atom. The van der Waals surface area contributed by atoms with E-state index in [1.165, 1.54) is 32.5 Å². The smallest absolute Gasteiger partial charge is 0.0589 e. The molecule has 0 bridgehead atoms. The minimum atomic E-state index is 0.848. The first kappa shape index (κ1) is 12.0. The number of rotatable bonds is 6. The standard InChI is InChI=1S/C11H24N2O/c1-3-12-9-11-5-4-6-13(10-11)7-8-14-2/h11-12H,3-10H2,1-2H3. The quantitative estimate of drug-likeness (QED) is 0.691. The predicted molar refractivity (Wildman–Crippen MR) is 59.6 cm³/mol. The Morgan fingerprint density at radius 3 is 3.07 bits per heavy atom. The summed E-state index contributed by atoms with van der Waals surface area (Å²) >= 11 is 0. The summed E-state index contributed by atoms with van der Waals surface area (Å²) < 4.78 is 5.10. The van der Waals surface area contributed by atoms with Gasteiger partial charge in [0.05, 0.1) is 6.61 Å². The van der Waals surface area contributed by atoms with Crippen LogP contribution in [0.4, 0.5) is 0 Å². The number of likely N-dealkylation sites (tertiary alicyclic amines) is 1. The summed E-state index contributed by atoms with van der Waals surface area (Å²) in [5, 5.41) is 3.44. The summed E-state index contributed by atoms with van der Waals surface area (Å²) in [6.45, 7) is 8.91. The van der Waals surface area contributed by atoms with E-state index >= 15 is 0 Å². The van der Waals surface area contributed by atoms with Gasteiger partial charge in [0.15, 0.2) is 0 Å². The molecule has 1 aliphatic heterocycles. The second kappa shape index (κ2) is 7.21. The molecule has 0 aliphatic carbocycles. The van der Waals surface area contributed by atoms with Gasteiger partial charge in [-0.2, -0.15) is 0 Å². The largest absolute Gasteiger partial charge is 0.383 e. The van der Waals surface area contributed by atoms with Gasteiger partial charge < -0.3 is 15.0 Å². The third-order valence-corrected chi connectivity index (χ3v) is 2.90. The number of piperidine rings is 1. The van der Waals surface area contributed by atoms with E-state index in [1.807, 2.05) is 0 Å². The van der Waals surface area contributed by atoms with Crippen LogP contribution in [-0.4, -0.2) is 51.3 Å². The molecule has 3 nitrogen and oxygen atoms in total. The second-order valence-corrected chi connectivity index (χ2v) is 4.11. The van der Waals surface area contributed by atoms with Gasteiger partial charge in [0.25, 0.3) is 0 Å². The molecule has 0 aromatic heterocycles. The van der Waals surface area contributed by atoms with E-state index in [9.17, 15) is 0 Å². The van der Waals surface area contributed by atoms with E-state index in [0.717, 1.165) is 25.6 Å². The van der Waals surface area contributed by atoms with Crippen LogP contribution >= 0.6 is 0 Å². The lowest BCUT2D eigenvalue weighted by Crippen LogP contribution is -2.40. The number of nitrogens with zero attached hydrogens (tertiary/aromatic N) is 1. The van der Waals surface area contributed by atoms with Crippen LogP contribution in [0, 0.1) is 5.92 Å². The third kappa shape index (κ3) is 4.40. The first-order valence-electron chi connectivity index (χ1n) is 5.78. The molecule has 0 amide bonds. The van der Waals surface area contributed by atoms with Crippen LogP contribution in [0.15, 0.2) is 0 Å². The minimum absolute atomic E-state index is 0.848. The Kier molecular flexibility index (Phi) is 6.15. The van der Waals surface area contributed by atoms with Crippen LogP contribution in [0.5, 0.6) is 0 Å². The maximum Gasteiger partial charge on any atom is 0.0589 e. The molecule has 1 atom stereocenters. The van der Waals surface area contributed by atoms with Crippen LogP contribution < -0.4 is 5.32 Å². The average molecular weight is 200 g/mol. The average Bonchev–Trinajstić information content (AvgIpc) is 2.24. The number of hydrogen-bond acceptors (Lipinski definition) is 3. The number of hydrogen-bond donors (Lipinski definition) is 1. The fourth-order valence-electron chi connectivity index (χ4n) is 2.09. The lowest BCUT2D eigenvalue weighted by atomic mass is 9.98. The Morgan fingerprint density at radius 2 is 2.36 bits per heavy atom. The van der Waals surface area contributed by atoms with E-state index in [2.05, 4.69) is 17.1 Å². The molecule has 0 radical (unpaired) electrons. The van der Waals surface area contributed by atoms with Crippen LogP contribution in [0.25, 0.3) is 0 Å². The number of methoxy groups -OCH3 is 1. The molecule has 1 heterocycles. The van der Waals surface area contributed by atoms with Gasteiger partial charge in [0, 0.05) is 20.2 Å². The van der Waals surface area contributed by atoms with Gasteiger partial charge in [-0.25, -0.2) is 0 Å². The van der Waals surface area contributed by atoms with Gasteiger partial charge in [0.2, 0.25) is 0 Å². The molecule has 1 fully saturated rings. The topological polar surface area (TPSA) is 24.5 Å². The molecule has 14 heavy (non-hydrogen) atoms. The molecule has 1 N–H and O–H groups in total. The zero-order valence-corrected chi connectivity index (χ0v) is 9.59. The molecule has 0 spiro atoms. The van der Waals surface area contributed by atoms with E-state index in [4.69, 9.17) is 4.74 Å². The fraction of sp³-hybridized carbons (Fsp3) is 1.00. The highest BCUT2D eigenvalue weighted by Crippen LogP contribution is 2.15. The van der Waals surface area contributed by atoms with Crippen molar-refractivity contribution in [1.29, 1.82) is 0 Å². The van der Waals surface area contributed by atoms with Crippen molar-refractivity contribution in [2.24, 2.45) is 5.92 Å². The Labute approximate surface area is 87.8 Å². The lowest BCUT2D eigenvalue weighted by Gasteiger charge is -2.32.